The van der Waals surface area contributed by atoms with Gasteiger partial charge in [0.25, 0.3) is 5.91 Å². The van der Waals surface area contributed by atoms with Gasteiger partial charge in [-0.3, -0.25) is 4.79 Å². The number of esters is 1. The molecule has 3 aromatic rings. The average Bonchev–Trinajstić information content (AvgIpc) is 2.79. The first kappa shape index (κ1) is 23.8. The monoisotopic (exact) mass is 487 g/mol. The van der Waals surface area contributed by atoms with Gasteiger partial charge in [0, 0.05) is 17.3 Å². The van der Waals surface area contributed by atoms with E-state index in [9.17, 15) is 9.59 Å². The molecule has 0 spiro atoms. The van der Waals surface area contributed by atoms with Gasteiger partial charge in [-0.2, -0.15) is 0 Å². The molecule has 9 heteroatoms. The van der Waals surface area contributed by atoms with Crippen LogP contribution in [0.4, 0.5) is 0 Å². The van der Waals surface area contributed by atoms with Gasteiger partial charge in [0.1, 0.15) is 6.04 Å². The van der Waals surface area contributed by atoms with Crippen LogP contribution in [0.15, 0.2) is 77.1 Å². The van der Waals surface area contributed by atoms with Gasteiger partial charge >= 0.3 is 5.97 Å². The van der Waals surface area contributed by atoms with Crippen molar-refractivity contribution < 1.29 is 14.3 Å². The zero-order chi connectivity index (χ0) is 22.9. The van der Waals surface area contributed by atoms with Crippen molar-refractivity contribution in [2.75, 3.05) is 7.11 Å². The normalized spacial score (nSPS) is 11.8. The third-order valence-corrected chi connectivity index (χ3v) is 5.83. The SMILES string of the molecule is COC(=O)C(C/C=C/c1ccc(Sc2ncccn2)cc1)NC(=O)c1c(Cl)cccc1Cl. The quantitative estimate of drug-likeness (QED) is 0.342. The lowest BCUT2D eigenvalue weighted by molar-refractivity contribution is -0.142. The molecule has 0 fully saturated rings. The van der Waals surface area contributed by atoms with Crippen LogP contribution in [0.5, 0.6) is 0 Å². The number of amides is 1. The molecular weight excluding hydrogens is 469 g/mol. The van der Waals surface area contributed by atoms with E-state index in [1.54, 1.807) is 42.7 Å². The van der Waals surface area contributed by atoms with Crippen molar-refractivity contribution in [1.82, 2.24) is 15.3 Å². The number of halogens is 2. The summed E-state index contributed by atoms with van der Waals surface area (Å²) in [6.45, 7) is 0. The van der Waals surface area contributed by atoms with E-state index in [1.165, 1.54) is 18.9 Å². The summed E-state index contributed by atoms with van der Waals surface area (Å²) >= 11 is 13.6. The molecule has 0 bridgehead atoms. The van der Waals surface area contributed by atoms with Gasteiger partial charge in [0.2, 0.25) is 0 Å². The number of hydrogen-bond donors (Lipinski definition) is 1. The van der Waals surface area contributed by atoms with Crippen LogP contribution in [0.2, 0.25) is 10.0 Å². The Bertz CT molecular complexity index is 1090. The van der Waals surface area contributed by atoms with Crippen LogP contribution in [0.25, 0.3) is 6.08 Å². The minimum Gasteiger partial charge on any atom is -0.467 e. The number of hydrogen-bond acceptors (Lipinski definition) is 6. The molecule has 164 valence electrons. The summed E-state index contributed by atoms with van der Waals surface area (Å²) in [6, 6.07) is 13.4. The van der Waals surface area contributed by atoms with Gasteiger partial charge in [0.15, 0.2) is 5.16 Å². The molecule has 1 unspecified atom stereocenters. The summed E-state index contributed by atoms with van der Waals surface area (Å²) in [4.78, 5) is 34.2. The number of methoxy groups -OCH3 is 1. The zero-order valence-corrected chi connectivity index (χ0v) is 19.3. The highest BCUT2D eigenvalue weighted by Crippen LogP contribution is 2.25. The number of nitrogens with zero attached hydrogens (tertiary/aromatic N) is 2. The predicted molar refractivity (Wildman–Crippen MR) is 126 cm³/mol. The third kappa shape index (κ3) is 6.56. The van der Waals surface area contributed by atoms with Crippen LogP contribution in [0.3, 0.4) is 0 Å². The zero-order valence-electron chi connectivity index (χ0n) is 17.0. The fourth-order valence-electron chi connectivity index (χ4n) is 2.73. The molecule has 0 saturated heterocycles. The summed E-state index contributed by atoms with van der Waals surface area (Å²) in [5, 5.41) is 3.71. The van der Waals surface area contributed by atoms with Gasteiger partial charge in [-0.15, -0.1) is 0 Å². The van der Waals surface area contributed by atoms with Crippen molar-refractivity contribution in [2.24, 2.45) is 0 Å². The number of benzene rings is 2. The topological polar surface area (TPSA) is 81.2 Å². The lowest BCUT2D eigenvalue weighted by Gasteiger charge is -2.16. The highest BCUT2D eigenvalue weighted by Gasteiger charge is 2.23. The first-order valence-electron chi connectivity index (χ1n) is 9.52. The molecule has 3 rings (SSSR count). The summed E-state index contributed by atoms with van der Waals surface area (Å²) in [6.07, 6.45) is 7.27. The Morgan fingerprint density at radius 2 is 1.72 bits per heavy atom. The predicted octanol–water partition coefficient (Wildman–Crippen LogP) is 5.31. The molecule has 0 aliphatic heterocycles. The smallest absolute Gasteiger partial charge is 0.328 e. The van der Waals surface area contributed by atoms with Crippen molar-refractivity contribution >= 4 is 52.9 Å². The molecule has 0 aliphatic carbocycles. The third-order valence-electron chi connectivity index (χ3n) is 4.29. The number of aromatic nitrogens is 2. The largest absolute Gasteiger partial charge is 0.467 e. The van der Waals surface area contributed by atoms with E-state index in [0.29, 0.717) is 5.16 Å². The number of carbonyl (C=O) groups excluding carboxylic acids is 2. The standard InChI is InChI=1S/C23H19Cl2N3O3S/c1-31-22(30)19(28-21(29)20-17(24)6-3-7-18(20)25)8-2-5-15-9-11-16(12-10-15)32-23-26-13-4-14-27-23/h2-7,9-14,19H,8H2,1H3,(H,28,29)/b5-2+. The van der Waals surface area contributed by atoms with E-state index in [4.69, 9.17) is 27.9 Å². The van der Waals surface area contributed by atoms with Crippen molar-refractivity contribution in [3.8, 4) is 0 Å². The molecule has 0 saturated carbocycles. The van der Waals surface area contributed by atoms with E-state index in [2.05, 4.69) is 15.3 Å². The lowest BCUT2D eigenvalue weighted by Crippen LogP contribution is -2.41. The van der Waals surface area contributed by atoms with Crippen LogP contribution >= 0.6 is 35.0 Å². The average molecular weight is 488 g/mol. The molecule has 1 amide bonds. The highest BCUT2D eigenvalue weighted by atomic mass is 35.5. The van der Waals surface area contributed by atoms with Gasteiger partial charge in [0.05, 0.1) is 22.7 Å². The van der Waals surface area contributed by atoms with Crippen LogP contribution in [-0.2, 0) is 9.53 Å². The molecule has 0 aliphatic rings. The van der Waals surface area contributed by atoms with E-state index < -0.39 is 17.9 Å². The number of ether oxygens (including phenoxy) is 1. The highest BCUT2D eigenvalue weighted by molar-refractivity contribution is 7.99. The summed E-state index contributed by atoms with van der Waals surface area (Å²) < 4.78 is 4.82. The Labute approximate surface area is 200 Å². The van der Waals surface area contributed by atoms with Crippen molar-refractivity contribution in [1.29, 1.82) is 0 Å². The minimum atomic E-state index is -0.888. The molecule has 1 heterocycles. The molecule has 1 atom stereocenters. The maximum Gasteiger partial charge on any atom is 0.328 e. The lowest BCUT2D eigenvalue weighted by atomic mass is 10.1. The van der Waals surface area contributed by atoms with Crippen molar-refractivity contribution in [2.45, 2.75) is 22.5 Å². The number of rotatable bonds is 8. The molecule has 32 heavy (non-hydrogen) atoms. The Hall–Kier alpha value is -2.87. The van der Waals surface area contributed by atoms with Crippen molar-refractivity contribution in [3.63, 3.8) is 0 Å². The molecule has 0 radical (unpaired) electrons. The molecular formula is C23H19Cl2N3O3S. The Balaban J connectivity index is 1.63. The van der Waals surface area contributed by atoms with E-state index in [-0.39, 0.29) is 22.0 Å². The molecule has 1 N–H and O–H groups in total. The van der Waals surface area contributed by atoms with Crippen LogP contribution in [0.1, 0.15) is 22.3 Å². The second-order valence-corrected chi connectivity index (χ2v) is 8.34. The van der Waals surface area contributed by atoms with Gasteiger partial charge in [-0.1, -0.05) is 53.6 Å². The minimum absolute atomic E-state index is 0.115. The van der Waals surface area contributed by atoms with E-state index in [0.717, 1.165) is 10.5 Å². The van der Waals surface area contributed by atoms with Gasteiger partial charge < -0.3 is 10.1 Å². The van der Waals surface area contributed by atoms with Gasteiger partial charge in [-0.25, -0.2) is 14.8 Å². The van der Waals surface area contributed by atoms with Gasteiger partial charge in [-0.05, 0) is 54.1 Å². The summed E-state index contributed by atoms with van der Waals surface area (Å²) in [7, 11) is 1.26. The number of nitrogens with one attached hydrogen (secondary N) is 1. The molecule has 2 aromatic carbocycles. The first-order valence-corrected chi connectivity index (χ1v) is 11.1. The Morgan fingerprint density at radius 1 is 1.06 bits per heavy atom. The fraction of sp³-hybridized carbons (Fsp3) is 0.130. The number of carbonyl (C=O) groups is 2. The second kappa shape index (κ2) is 11.7. The van der Waals surface area contributed by atoms with E-state index >= 15 is 0 Å². The van der Waals surface area contributed by atoms with Crippen LogP contribution < -0.4 is 5.32 Å². The second-order valence-electron chi connectivity index (χ2n) is 6.49. The molecule has 6 nitrogen and oxygen atoms in total. The summed E-state index contributed by atoms with van der Waals surface area (Å²) in [5.74, 6) is -1.12. The van der Waals surface area contributed by atoms with E-state index in [1.807, 2.05) is 30.3 Å². The maximum atomic E-state index is 12.6. The Morgan fingerprint density at radius 3 is 2.34 bits per heavy atom. The summed E-state index contributed by atoms with van der Waals surface area (Å²) in [5.41, 5.74) is 1.05. The van der Waals surface area contributed by atoms with Crippen LogP contribution in [-0.4, -0.2) is 35.0 Å². The maximum absolute atomic E-state index is 12.6. The first-order chi connectivity index (χ1) is 15.5. The Kier molecular flexibility index (Phi) is 8.67. The van der Waals surface area contributed by atoms with Crippen LogP contribution in [0, 0.1) is 0 Å². The molecule has 1 aromatic heterocycles. The fourth-order valence-corrected chi connectivity index (χ4v) is 4.01. The van der Waals surface area contributed by atoms with Crippen molar-refractivity contribution in [3.05, 3.63) is 88.2 Å².